The SMILES string of the molecule is NC(=O)[C@H]1CCC[N+]12CCS(=O)(=O)CC2. The molecule has 5 nitrogen and oxygen atoms in total. The molecule has 2 rings (SSSR count). The molecule has 0 bridgehead atoms. The van der Waals surface area contributed by atoms with Gasteiger partial charge in [0.15, 0.2) is 15.9 Å². The summed E-state index contributed by atoms with van der Waals surface area (Å²) in [4.78, 5) is 11.3. The molecule has 2 fully saturated rings. The Morgan fingerprint density at radius 2 is 1.80 bits per heavy atom. The molecular weight excluding hydrogens is 216 g/mol. The van der Waals surface area contributed by atoms with Crippen molar-refractivity contribution in [3.05, 3.63) is 0 Å². The Hall–Kier alpha value is -0.620. The molecule has 2 heterocycles. The van der Waals surface area contributed by atoms with Crippen LogP contribution in [0.1, 0.15) is 12.8 Å². The summed E-state index contributed by atoms with van der Waals surface area (Å²) in [7, 11) is -2.86. The summed E-state index contributed by atoms with van der Waals surface area (Å²) >= 11 is 0. The maximum absolute atomic E-state index is 11.3. The Kier molecular flexibility index (Phi) is 2.50. The predicted molar refractivity (Wildman–Crippen MR) is 55.7 cm³/mol. The van der Waals surface area contributed by atoms with E-state index in [1.54, 1.807) is 0 Å². The zero-order chi connectivity index (χ0) is 11.1. The predicted octanol–water partition coefficient (Wildman–Crippen LogP) is -1.12. The summed E-state index contributed by atoms with van der Waals surface area (Å²) in [6, 6.07) is -0.152. The lowest BCUT2D eigenvalue weighted by atomic mass is 10.2. The Morgan fingerprint density at radius 1 is 1.20 bits per heavy atom. The van der Waals surface area contributed by atoms with Gasteiger partial charge in [0.05, 0.1) is 31.1 Å². The van der Waals surface area contributed by atoms with Crippen LogP contribution < -0.4 is 5.73 Å². The van der Waals surface area contributed by atoms with Crippen LogP contribution in [0.5, 0.6) is 0 Å². The first kappa shape index (κ1) is 10.9. The van der Waals surface area contributed by atoms with Crippen molar-refractivity contribution in [1.82, 2.24) is 0 Å². The molecule has 1 spiro atoms. The van der Waals surface area contributed by atoms with Gasteiger partial charge in [0.25, 0.3) is 5.91 Å². The highest BCUT2D eigenvalue weighted by atomic mass is 32.2. The monoisotopic (exact) mass is 233 g/mol. The molecule has 86 valence electrons. The van der Waals surface area contributed by atoms with Gasteiger partial charge < -0.3 is 10.2 Å². The fraction of sp³-hybridized carbons (Fsp3) is 0.889. The molecule has 1 amide bonds. The van der Waals surface area contributed by atoms with E-state index in [1.807, 2.05) is 0 Å². The number of nitrogens with zero attached hydrogens (tertiary/aromatic N) is 1. The summed E-state index contributed by atoms with van der Waals surface area (Å²) in [5.41, 5.74) is 5.37. The van der Waals surface area contributed by atoms with E-state index in [2.05, 4.69) is 0 Å². The first-order chi connectivity index (χ1) is 6.95. The minimum absolute atomic E-state index is 0.152. The van der Waals surface area contributed by atoms with Gasteiger partial charge in [-0.2, -0.15) is 0 Å². The molecule has 0 aromatic heterocycles. The van der Waals surface area contributed by atoms with Gasteiger partial charge >= 0.3 is 0 Å². The third-order valence-electron chi connectivity index (χ3n) is 3.77. The third-order valence-corrected chi connectivity index (χ3v) is 5.37. The van der Waals surface area contributed by atoms with Crippen molar-refractivity contribution in [2.45, 2.75) is 18.9 Å². The Balaban J connectivity index is 2.18. The van der Waals surface area contributed by atoms with Crippen molar-refractivity contribution < 1.29 is 17.7 Å². The second-order valence-electron chi connectivity index (χ2n) is 4.60. The van der Waals surface area contributed by atoms with Crippen molar-refractivity contribution in [2.24, 2.45) is 5.73 Å². The molecular formula is C9H17N2O3S+. The van der Waals surface area contributed by atoms with Crippen LogP contribution >= 0.6 is 0 Å². The minimum atomic E-state index is -2.86. The second-order valence-corrected chi connectivity index (χ2v) is 6.91. The van der Waals surface area contributed by atoms with Crippen molar-refractivity contribution in [3.8, 4) is 0 Å². The molecule has 0 aliphatic carbocycles. The number of sulfone groups is 1. The van der Waals surface area contributed by atoms with Gasteiger partial charge in [0.2, 0.25) is 0 Å². The van der Waals surface area contributed by atoms with Gasteiger partial charge in [0, 0.05) is 12.8 Å². The first-order valence-electron chi connectivity index (χ1n) is 5.31. The van der Waals surface area contributed by atoms with Crippen LogP contribution in [0.2, 0.25) is 0 Å². The normalized spacial score (nSPS) is 32.9. The van der Waals surface area contributed by atoms with Crippen molar-refractivity contribution in [1.29, 1.82) is 0 Å². The van der Waals surface area contributed by atoms with E-state index in [0.717, 1.165) is 19.4 Å². The fourth-order valence-electron chi connectivity index (χ4n) is 2.83. The van der Waals surface area contributed by atoms with Crippen LogP contribution in [-0.4, -0.2) is 56.0 Å². The molecule has 1 atom stereocenters. The van der Waals surface area contributed by atoms with Gasteiger partial charge in [-0.05, 0) is 0 Å². The number of amides is 1. The van der Waals surface area contributed by atoms with Crippen LogP contribution in [0.25, 0.3) is 0 Å². The van der Waals surface area contributed by atoms with Gasteiger partial charge in [-0.25, -0.2) is 8.42 Å². The number of rotatable bonds is 1. The van der Waals surface area contributed by atoms with E-state index in [0.29, 0.717) is 17.6 Å². The Bertz CT molecular complexity index is 363. The first-order valence-corrected chi connectivity index (χ1v) is 7.13. The Labute approximate surface area is 89.7 Å². The number of primary amides is 1. The lowest BCUT2D eigenvalue weighted by Crippen LogP contribution is -2.62. The number of hydrogen-bond acceptors (Lipinski definition) is 3. The van der Waals surface area contributed by atoms with E-state index in [9.17, 15) is 13.2 Å². The summed E-state index contributed by atoms with van der Waals surface area (Å²) < 4.78 is 23.3. The van der Waals surface area contributed by atoms with Gasteiger partial charge in [-0.15, -0.1) is 0 Å². The number of hydrogen-bond donors (Lipinski definition) is 1. The molecule has 2 saturated heterocycles. The molecule has 0 aromatic rings. The second kappa shape index (κ2) is 3.45. The molecule has 2 N–H and O–H groups in total. The number of carbonyl (C=O) groups excluding carboxylic acids is 1. The fourth-order valence-corrected chi connectivity index (χ4v) is 4.32. The Morgan fingerprint density at radius 3 is 2.33 bits per heavy atom. The highest BCUT2D eigenvalue weighted by molar-refractivity contribution is 7.91. The standard InChI is InChI=1S/C9H16N2O3S/c10-9(12)8-2-1-3-11(8)4-6-15(13,14)7-5-11/h8H,1-7H2,(H-,10,12)/p+1/t8-/m1/s1. The largest absolute Gasteiger partial charge is 0.365 e. The molecule has 0 unspecified atom stereocenters. The molecule has 15 heavy (non-hydrogen) atoms. The molecule has 2 aliphatic heterocycles. The smallest absolute Gasteiger partial charge is 0.275 e. The van der Waals surface area contributed by atoms with E-state index in [4.69, 9.17) is 5.73 Å². The number of quaternary nitrogens is 1. The zero-order valence-electron chi connectivity index (χ0n) is 8.68. The summed E-state index contributed by atoms with van der Waals surface area (Å²) in [5, 5.41) is 0. The van der Waals surface area contributed by atoms with E-state index in [1.165, 1.54) is 0 Å². The lowest BCUT2D eigenvalue weighted by Gasteiger charge is -2.41. The number of nitrogens with two attached hydrogens (primary N) is 1. The molecule has 2 aliphatic rings. The van der Waals surface area contributed by atoms with Crippen LogP contribution in [0.15, 0.2) is 0 Å². The van der Waals surface area contributed by atoms with Gasteiger partial charge in [-0.3, -0.25) is 4.79 Å². The van der Waals surface area contributed by atoms with Crippen LogP contribution in [0.3, 0.4) is 0 Å². The zero-order valence-corrected chi connectivity index (χ0v) is 9.50. The number of carbonyl (C=O) groups is 1. The average Bonchev–Trinajstić information content (AvgIpc) is 2.55. The molecule has 0 saturated carbocycles. The van der Waals surface area contributed by atoms with E-state index >= 15 is 0 Å². The molecule has 0 radical (unpaired) electrons. The third kappa shape index (κ3) is 1.88. The topological polar surface area (TPSA) is 77.2 Å². The summed E-state index contributed by atoms with van der Waals surface area (Å²) in [6.07, 6.45) is 1.79. The average molecular weight is 233 g/mol. The highest BCUT2D eigenvalue weighted by Gasteiger charge is 2.48. The van der Waals surface area contributed by atoms with Crippen LogP contribution in [0.4, 0.5) is 0 Å². The molecule has 6 heteroatoms. The van der Waals surface area contributed by atoms with Crippen molar-refractivity contribution in [3.63, 3.8) is 0 Å². The van der Waals surface area contributed by atoms with Crippen LogP contribution in [-0.2, 0) is 14.6 Å². The quantitative estimate of drug-likeness (QED) is 0.583. The van der Waals surface area contributed by atoms with Crippen LogP contribution in [0, 0.1) is 0 Å². The summed E-state index contributed by atoms with van der Waals surface area (Å²) in [6.45, 7) is 2.04. The lowest BCUT2D eigenvalue weighted by molar-refractivity contribution is -0.927. The summed E-state index contributed by atoms with van der Waals surface area (Å²) in [5.74, 6) is 0.139. The van der Waals surface area contributed by atoms with Crippen molar-refractivity contribution in [2.75, 3.05) is 31.1 Å². The van der Waals surface area contributed by atoms with Gasteiger partial charge in [-0.1, -0.05) is 0 Å². The molecule has 0 aromatic carbocycles. The van der Waals surface area contributed by atoms with Crippen molar-refractivity contribution >= 4 is 15.7 Å². The van der Waals surface area contributed by atoms with Gasteiger partial charge in [0.1, 0.15) is 0 Å². The maximum atomic E-state index is 11.3. The van der Waals surface area contributed by atoms with E-state index < -0.39 is 9.84 Å². The highest BCUT2D eigenvalue weighted by Crippen LogP contribution is 2.29. The van der Waals surface area contributed by atoms with E-state index in [-0.39, 0.29) is 23.5 Å². The maximum Gasteiger partial charge on any atom is 0.275 e. The minimum Gasteiger partial charge on any atom is -0.365 e.